The average Bonchev–Trinajstić information content (AvgIpc) is 3.02. The van der Waals surface area contributed by atoms with Gasteiger partial charge in [0.25, 0.3) is 0 Å². The van der Waals surface area contributed by atoms with E-state index in [9.17, 15) is 8.78 Å². The molecule has 1 aromatic carbocycles. The summed E-state index contributed by atoms with van der Waals surface area (Å²) in [5.74, 6) is -0.267. The Morgan fingerprint density at radius 1 is 1.35 bits per heavy atom. The van der Waals surface area contributed by atoms with E-state index in [0.29, 0.717) is 25.7 Å². The lowest BCUT2D eigenvalue weighted by Gasteiger charge is -2.22. The van der Waals surface area contributed by atoms with Gasteiger partial charge in [-0.2, -0.15) is 0 Å². The Kier molecular flexibility index (Phi) is 7.63. The van der Waals surface area contributed by atoms with Crippen LogP contribution in [0.1, 0.15) is 27.2 Å². The lowest BCUT2D eigenvalue weighted by atomic mass is 10.2. The Bertz CT molecular complexity index is 585. The highest BCUT2D eigenvalue weighted by Crippen LogP contribution is 2.26. The van der Waals surface area contributed by atoms with Crippen LogP contribution in [-0.2, 0) is 0 Å². The quantitative estimate of drug-likeness (QED) is 0.574. The number of hydrogen-bond donors (Lipinski definition) is 2. The van der Waals surface area contributed by atoms with Crippen molar-refractivity contribution in [2.45, 2.75) is 39.3 Å². The summed E-state index contributed by atoms with van der Waals surface area (Å²) >= 11 is 0. The molecule has 1 saturated heterocycles. The highest BCUT2D eigenvalue weighted by Gasteiger charge is 2.27. The van der Waals surface area contributed by atoms with Crippen LogP contribution in [0.4, 0.5) is 14.5 Å². The van der Waals surface area contributed by atoms with Crippen molar-refractivity contribution in [2.75, 3.05) is 44.7 Å². The van der Waals surface area contributed by atoms with E-state index in [1.54, 1.807) is 4.90 Å². The van der Waals surface area contributed by atoms with Gasteiger partial charge in [0, 0.05) is 38.3 Å². The third-order valence-corrected chi connectivity index (χ3v) is 4.73. The van der Waals surface area contributed by atoms with Crippen molar-refractivity contribution in [3.63, 3.8) is 0 Å². The number of guanidine groups is 1. The number of rotatable bonds is 7. The van der Waals surface area contributed by atoms with Crippen LogP contribution < -0.4 is 15.5 Å². The maximum Gasteiger partial charge on any atom is 0.191 e. The molecule has 1 unspecified atom stereocenters. The highest BCUT2D eigenvalue weighted by atomic mass is 19.1. The zero-order valence-electron chi connectivity index (χ0n) is 16.2. The van der Waals surface area contributed by atoms with Gasteiger partial charge in [-0.3, -0.25) is 4.99 Å². The first-order chi connectivity index (χ1) is 12.4. The number of halogens is 2. The van der Waals surface area contributed by atoms with Crippen molar-refractivity contribution >= 4 is 11.6 Å². The van der Waals surface area contributed by atoms with Crippen molar-refractivity contribution in [2.24, 2.45) is 4.99 Å². The summed E-state index contributed by atoms with van der Waals surface area (Å²) in [5, 5.41) is 6.64. The summed E-state index contributed by atoms with van der Waals surface area (Å²) in [7, 11) is 2.08. The summed E-state index contributed by atoms with van der Waals surface area (Å²) in [6.45, 7) is 9.84. The van der Waals surface area contributed by atoms with Crippen LogP contribution in [0.3, 0.4) is 0 Å². The summed E-state index contributed by atoms with van der Waals surface area (Å²) < 4.78 is 28.0. The van der Waals surface area contributed by atoms with Gasteiger partial charge in [0.05, 0.1) is 6.54 Å². The van der Waals surface area contributed by atoms with Crippen LogP contribution in [0, 0.1) is 11.6 Å². The topological polar surface area (TPSA) is 42.9 Å². The van der Waals surface area contributed by atoms with Gasteiger partial charge in [0.1, 0.15) is 17.3 Å². The van der Waals surface area contributed by atoms with Crippen molar-refractivity contribution in [1.82, 2.24) is 15.5 Å². The number of likely N-dealkylation sites (N-methyl/N-ethyl adjacent to an activating group) is 1. The molecule has 0 bridgehead atoms. The van der Waals surface area contributed by atoms with E-state index in [2.05, 4.69) is 41.4 Å². The van der Waals surface area contributed by atoms with Crippen LogP contribution in [0.5, 0.6) is 0 Å². The molecule has 146 valence electrons. The Labute approximate surface area is 155 Å². The van der Waals surface area contributed by atoms with Crippen molar-refractivity contribution in [3.8, 4) is 0 Å². The second-order valence-corrected chi connectivity index (χ2v) is 6.98. The first-order valence-corrected chi connectivity index (χ1v) is 9.36. The fourth-order valence-corrected chi connectivity index (χ4v) is 2.96. The smallest absolute Gasteiger partial charge is 0.191 e. The molecular formula is C19H31F2N5. The van der Waals surface area contributed by atoms with Crippen LogP contribution in [0.25, 0.3) is 0 Å². The first-order valence-electron chi connectivity index (χ1n) is 9.36. The minimum atomic E-state index is -0.511. The van der Waals surface area contributed by atoms with Crippen LogP contribution in [-0.4, -0.2) is 62.7 Å². The maximum absolute atomic E-state index is 14.0. The highest BCUT2D eigenvalue weighted by molar-refractivity contribution is 5.80. The molecule has 0 spiro atoms. The minimum Gasteiger partial charge on any atom is -0.365 e. The monoisotopic (exact) mass is 367 g/mol. The fraction of sp³-hybridized carbons (Fsp3) is 0.632. The number of benzene rings is 1. The van der Waals surface area contributed by atoms with Gasteiger partial charge < -0.3 is 20.4 Å². The maximum atomic E-state index is 14.0. The summed E-state index contributed by atoms with van der Waals surface area (Å²) in [5.41, 5.74) is 0.0669. The molecule has 1 fully saturated rings. The molecule has 0 aliphatic carbocycles. The molecule has 0 radical (unpaired) electrons. The van der Waals surface area contributed by atoms with Crippen molar-refractivity contribution < 1.29 is 8.78 Å². The molecule has 1 aromatic rings. The molecule has 0 aromatic heterocycles. The molecule has 2 N–H and O–H groups in total. The standard InChI is InChI=1S/C19H31F2N5/c1-5-22-19(23-10-12-25(4)14(2)3)24-15-9-11-26(13-15)18-16(20)7-6-8-17(18)21/h6-8,14-15H,5,9-13H2,1-4H3,(H2,22,23,24). The van der Waals surface area contributed by atoms with Crippen LogP contribution in [0.15, 0.2) is 23.2 Å². The normalized spacial score (nSPS) is 18.1. The van der Waals surface area contributed by atoms with E-state index in [-0.39, 0.29) is 11.7 Å². The fourth-order valence-electron chi connectivity index (χ4n) is 2.96. The summed E-state index contributed by atoms with van der Waals surface area (Å²) in [4.78, 5) is 8.62. The molecular weight excluding hydrogens is 336 g/mol. The van der Waals surface area contributed by atoms with E-state index in [1.807, 2.05) is 6.92 Å². The van der Waals surface area contributed by atoms with E-state index in [0.717, 1.165) is 25.5 Å². The SMILES string of the molecule is CCNC(=NCCN(C)C(C)C)NC1CCN(c2c(F)cccc2F)C1. The van der Waals surface area contributed by atoms with Gasteiger partial charge in [-0.15, -0.1) is 0 Å². The van der Waals surface area contributed by atoms with Crippen molar-refractivity contribution in [1.29, 1.82) is 0 Å². The second-order valence-electron chi connectivity index (χ2n) is 6.98. The third kappa shape index (κ3) is 5.56. The zero-order chi connectivity index (χ0) is 19.1. The minimum absolute atomic E-state index is 0.0669. The van der Waals surface area contributed by atoms with Crippen molar-refractivity contribution in [3.05, 3.63) is 29.8 Å². The number of para-hydroxylation sites is 1. The first kappa shape index (κ1) is 20.4. The molecule has 0 saturated carbocycles. The second kappa shape index (κ2) is 9.71. The van der Waals surface area contributed by atoms with E-state index in [1.165, 1.54) is 18.2 Å². The molecule has 7 heteroatoms. The number of hydrogen-bond acceptors (Lipinski definition) is 3. The Balaban J connectivity index is 1.93. The Morgan fingerprint density at radius 2 is 2.04 bits per heavy atom. The van der Waals surface area contributed by atoms with E-state index >= 15 is 0 Å². The van der Waals surface area contributed by atoms with Gasteiger partial charge in [-0.05, 0) is 46.4 Å². The summed E-state index contributed by atoms with van der Waals surface area (Å²) in [6.07, 6.45) is 0.810. The van der Waals surface area contributed by atoms with Crippen LogP contribution in [0.2, 0.25) is 0 Å². The van der Waals surface area contributed by atoms with Gasteiger partial charge in [0.15, 0.2) is 5.96 Å². The molecule has 1 aliphatic heterocycles. The zero-order valence-corrected chi connectivity index (χ0v) is 16.2. The largest absolute Gasteiger partial charge is 0.365 e. The van der Waals surface area contributed by atoms with Gasteiger partial charge >= 0.3 is 0 Å². The molecule has 5 nitrogen and oxygen atoms in total. The molecule has 2 rings (SSSR count). The number of aliphatic imine (C=N–C) groups is 1. The van der Waals surface area contributed by atoms with Gasteiger partial charge in [0.2, 0.25) is 0 Å². The lowest BCUT2D eigenvalue weighted by Crippen LogP contribution is -2.45. The predicted octanol–water partition coefficient (Wildman–Crippen LogP) is 2.44. The Morgan fingerprint density at radius 3 is 2.65 bits per heavy atom. The summed E-state index contributed by atoms with van der Waals surface area (Å²) in [6, 6.07) is 4.59. The number of nitrogens with zero attached hydrogens (tertiary/aromatic N) is 3. The lowest BCUT2D eigenvalue weighted by molar-refractivity contribution is 0.282. The van der Waals surface area contributed by atoms with Gasteiger partial charge in [-0.25, -0.2) is 8.78 Å². The van der Waals surface area contributed by atoms with Crippen LogP contribution >= 0.6 is 0 Å². The average molecular weight is 367 g/mol. The number of anilines is 1. The molecule has 1 heterocycles. The van der Waals surface area contributed by atoms with E-state index in [4.69, 9.17) is 0 Å². The van der Waals surface area contributed by atoms with Gasteiger partial charge in [-0.1, -0.05) is 6.07 Å². The molecule has 26 heavy (non-hydrogen) atoms. The number of nitrogens with one attached hydrogen (secondary N) is 2. The Hall–Kier alpha value is -1.89. The van der Waals surface area contributed by atoms with E-state index < -0.39 is 11.6 Å². The molecule has 1 atom stereocenters. The third-order valence-electron chi connectivity index (χ3n) is 4.73. The molecule has 1 aliphatic rings. The predicted molar refractivity (Wildman–Crippen MR) is 104 cm³/mol. The molecule has 0 amide bonds.